The first-order chi connectivity index (χ1) is 11.5. The van der Waals surface area contributed by atoms with Crippen LogP contribution >= 0.6 is 0 Å². The maximum Gasteiger partial charge on any atom is 0.341 e. The van der Waals surface area contributed by atoms with Gasteiger partial charge in [0.25, 0.3) is 0 Å². The minimum absolute atomic E-state index is 0.216. The molecular formula is C17H26F2N2O3S. The highest BCUT2D eigenvalue weighted by Crippen LogP contribution is 2.20. The number of nitrogens with one attached hydrogen (secondary N) is 1. The van der Waals surface area contributed by atoms with Gasteiger partial charge in [0.15, 0.2) is 0 Å². The Kier molecular flexibility index (Phi) is 7.95. The van der Waals surface area contributed by atoms with Crippen LogP contribution in [-0.4, -0.2) is 44.6 Å². The molecule has 0 radical (unpaired) electrons. The number of carbonyl (C=O) groups is 1. The molecule has 1 aromatic carbocycles. The van der Waals surface area contributed by atoms with Gasteiger partial charge in [0.1, 0.15) is 0 Å². The smallest absolute Gasteiger partial charge is 0.325 e. The molecule has 0 aliphatic carbocycles. The Morgan fingerprint density at radius 2 is 1.52 bits per heavy atom. The fourth-order valence-corrected chi connectivity index (χ4v) is 3.19. The van der Waals surface area contributed by atoms with Crippen molar-refractivity contribution in [2.45, 2.75) is 38.3 Å². The molecule has 0 unspecified atom stereocenters. The molecule has 0 aromatic heterocycles. The maximum atomic E-state index is 12.5. The molecular weight excluding hydrogens is 350 g/mol. The van der Waals surface area contributed by atoms with Crippen molar-refractivity contribution in [1.82, 2.24) is 4.90 Å². The summed E-state index contributed by atoms with van der Waals surface area (Å²) in [6.07, 6.45) is 0. The third-order valence-corrected chi connectivity index (χ3v) is 4.71. The SMILES string of the molecule is CC(C)CN(CC(=O)Nc1ccc(S(=O)(=O)C(F)F)cc1)CC(C)C. The number of amides is 1. The van der Waals surface area contributed by atoms with E-state index in [0.717, 1.165) is 25.2 Å². The molecule has 5 nitrogen and oxygen atoms in total. The van der Waals surface area contributed by atoms with Crippen molar-refractivity contribution in [2.75, 3.05) is 25.0 Å². The van der Waals surface area contributed by atoms with Gasteiger partial charge in [-0.15, -0.1) is 0 Å². The van der Waals surface area contributed by atoms with Crippen LogP contribution in [0.5, 0.6) is 0 Å². The van der Waals surface area contributed by atoms with Crippen LogP contribution < -0.4 is 5.32 Å². The van der Waals surface area contributed by atoms with E-state index in [9.17, 15) is 22.0 Å². The van der Waals surface area contributed by atoms with E-state index in [4.69, 9.17) is 0 Å². The number of alkyl halides is 2. The van der Waals surface area contributed by atoms with Crippen molar-refractivity contribution in [1.29, 1.82) is 0 Å². The van der Waals surface area contributed by atoms with Gasteiger partial charge in [0.2, 0.25) is 15.7 Å². The second kappa shape index (κ2) is 9.24. The number of rotatable bonds is 9. The molecule has 0 spiro atoms. The Labute approximate surface area is 148 Å². The molecule has 1 rings (SSSR count). The zero-order valence-electron chi connectivity index (χ0n) is 15.0. The van der Waals surface area contributed by atoms with Gasteiger partial charge in [-0.3, -0.25) is 9.69 Å². The van der Waals surface area contributed by atoms with E-state index in [1.54, 1.807) is 0 Å². The molecule has 0 atom stereocenters. The monoisotopic (exact) mass is 376 g/mol. The number of halogens is 2. The Bertz CT molecular complexity index is 649. The molecule has 142 valence electrons. The van der Waals surface area contributed by atoms with E-state index in [2.05, 4.69) is 37.9 Å². The summed E-state index contributed by atoms with van der Waals surface area (Å²) < 4.78 is 47.7. The second-order valence-electron chi connectivity index (χ2n) is 6.86. The van der Waals surface area contributed by atoms with Gasteiger partial charge in [-0.25, -0.2) is 8.42 Å². The first kappa shape index (κ1) is 21.5. The lowest BCUT2D eigenvalue weighted by molar-refractivity contribution is -0.117. The Hall–Kier alpha value is -1.54. The van der Waals surface area contributed by atoms with Gasteiger partial charge in [0, 0.05) is 18.8 Å². The number of sulfone groups is 1. The topological polar surface area (TPSA) is 66.5 Å². The molecule has 0 aliphatic heterocycles. The van der Waals surface area contributed by atoms with Gasteiger partial charge in [-0.2, -0.15) is 8.78 Å². The summed E-state index contributed by atoms with van der Waals surface area (Å²) in [6, 6.07) is 4.75. The minimum atomic E-state index is -4.62. The predicted molar refractivity (Wildman–Crippen MR) is 94.4 cm³/mol. The van der Waals surface area contributed by atoms with Crippen LogP contribution in [0.2, 0.25) is 0 Å². The highest BCUT2D eigenvalue weighted by atomic mass is 32.2. The number of carbonyl (C=O) groups excluding carboxylic acids is 1. The summed E-state index contributed by atoms with van der Waals surface area (Å²) in [6.45, 7) is 10.1. The first-order valence-corrected chi connectivity index (χ1v) is 9.71. The van der Waals surface area contributed by atoms with Crippen molar-refractivity contribution in [3.63, 3.8) is 0 Å². The van der Waals surface area contributed by atoms with Gasteiger partial charge in [-0.1, -0.05) is 27.7 Å². The van der Waals surface area contributed by atoms with Crippen LogP contribution in [0.3, 0.4) is 0 Å². The van der Waals surface area contributed by atoms with Gasteiger partial charge in [-0.05, 0) is 36.1 Å². The van der Waals surface area contributed by atoms with E-state index in [-0.39, 0.29) is 12.5 Å². The third kappa shape index (κ3) is 7.07. The summed E-state index contributed by atoms with van der Waals surface area (Å²) in [5, 5.41) is 2.66. The van der Waals surface area contributed by atoms with E-state index in [1.165, 1.54) is 12.1 Å². The Morgan fingerprint density at radius 3 is 1.92 bits per heavy atom. The number of benzene rings is 1. The van der Waals surface area contributed by atoms with Crippen LogP contribution in [0.1, 0.15) is 27.7 Å². The molecule has 0 saturated heterocycles. The van der Waals surface area contributed by atoms with Gasteiger partial charge in [0.05, 0.1) is 11.4 Å². The van der Waals surface area contributed by atoms with Crippen LogP contribution in [-0.2, 0) is 14.6 Å². The molecule has 1 N–H and O–H groups in total. The highest BCUT2D eigenvalue weighted by Gasteiger charge is 2.26. The van der Waals surface area contributed by atoms with Crippen LogP contribution in [0.25, 0.3) is 0 Å². The van der Waals surface area contributed by atoms with E-state index in [0.29, 0.717) is 17.5 Å². The van der Waals surface area contributed by atoms with Gasteiger partial charge >= 0.3 is 5.76 Å². The van der Waals surface area contributed by atoms with Crippen molar-refractivity contribution in [2.24, 2.45) is 11.8 Å². The average molecular weight is 376 g/mol. The second-order valence-corrected chi connectivity index (χ2v) is 8.78. The minimum Gasteiger partial charge on any atom is -0.325 e. The van der Waals surface area contributed by atoms with Crippen molar-refractivity contribution < 1.29 is 22.0 Å². The molecule has 0 aliphatic rings. The van der Waals surface area contributed by atoms with E-state index in [1.807, 2.05) is 0 Å². The lowest BCUT2D eigenvalue weighted by atomic mass is 10.1. The summed E-state index contributed by atoms with van der Waals surface area (Å²) in [4.78, 5) is 13.8. The molecule has 1 amide bonds. The molecule has 0 bridgehead atoms. The summed E-state index contributed by atoms with van der Waals surface area (Å²) >= 11 is 0. The zero-order chi connectivity index (χ0) is 19.2. The maximum absolute atomic E-state index is 12.5. The fraction of sp³-hybridized carbons (Fsp3) is 0.588. The molecule has 1 aromatic rings. The van der Waals surface area contributed by atoms with Crippen molar-refractivity contribution in [3.8, 4) is 0 Å². The number of nitrogens with zero attached hydrogens (tertiary/aromatic N) is 1. The zero-order valence-corrected chi connectivity index (χ0v) is 15.8. The highest BCUT2D eigenvalue weighted by molar-refractivity contribution is 7.91. The van der Waals surface area contributed by atoms with Crippen molar-refractivity contribution >= 4 is 21.4 Å². The molecule has 0 fully saturated rings. The standard InChI is InChI=1S/C17H26F2N2O3S/c1-12(2)9-21(10-13(3)4)11-16(22)20-14-5-7-15(8-6-14)25(23,24)17(18)19/h5-8,12-13,17H,9-11H2,1-4H3,(H,20,22). The third-order valence-electron chi connectivity index (χ3n) is 3.32. The fourth-order valence-electron chi connectivity index (χ4n) is 2.47. The van der Waals surface area contributed by atoms with E-state index < -0.39 is 20.5 Å². The molecule has 25 heavy (non-hydrogen) atoms. The Balaban J connectivity index is 2.73. The average Bonchev–Trinajstić information content (AvgIpc) is 2.45. The quantitative estimate of drug-likeness (QED) is 0.719. The number of hydrogen-bond donors (Lipinski definition) is 1. The van der Waals surface area contributed by atoms with Crippen LogP contribution in [0, 0.1) is 11.8 Å². The molecule has 0 heterocycles. The lowest BCUT2D eigenvalue weighted by Crippen LogP contribution is -2.38. The number of anilines is 1. The summed E-state index contributed by atoms with van der Waals surface area (Å²) in [7, 11) is -4.62. The summed E-state index contributed by atoms with van der Waals surface area (Å²) in [5.74, 6) is -2.85. The predicted octanol–water partition coefficient (Wildman–Crippen LogP) is 3.24. The largest absolute Gasteiger partial charge is 0.341 e. The summed E-state index contributed by atoms with van der Waals surface area (Å²) in [5.41, 5.74) is 0.368. The molecule has 0 saturated carbocycles. The van der Waals surface area contributed by atoms with Crippen molar-refractivity contribution in [3.05, 3.63) is 24.3 Å². The molecule has 8 heteroatoms. The van der Waals surface area contributed by atoms with Crippen LogP contribution in [0.15, 0.2) is 29.2 Å². The lowest BCUT2D eigenvalue weighted by Gasteiger charge is -2.25. The van der Waals surface area contributed by atoms with Crippen LogP contribution in [0.4, 0.5) is 14.5 Å². The Morgan fingerprint density at radius 1 is 1.04 bits per heavy atom. The van der Waals surface area contributed by atoms with E-state index >= 15 is 0 Å². The van der Waals surface area contributed by atoms with Gasteiger partial charge < -0.3 is 5.32 Å². The first-order valence-electron chi connectivity index (χ1n) is 8.16. The normalized spacial score (nSPS) is 12.4. The number of hydrogen-bond acceptors (Lipinski definition) is 4.